The summed E-state index contributed by atoms with van der Waals surface area (Å²) in [6.45, 7) is 0. The third-order valence-electron chi connectivity index (χ3n) is 2.54. The Labute approximate surface area is 106 Å². The van der Waals surface area contributed by atoms with Gasteiger partial charge in [-0.25, -0.2) is 4.79 Å². The molecule has 0 saturated carbocycles. The predicted octanol–water partition coefficient (Wildman–Crippen LogP) is 3.08. The van der Waals surface area contributed by atoms with Crippen LogP contribution < -0.4 is 0 Å². The molecule has 1 heterocycles. The molecule has 2 rings (SSSR count). The molecule has 0 saturated heterocycles. The SMILES string of the molecule is COC(=O)/C(=C/c1ccco1)Cc1ccccc1. The van der Waals surface area contributed by atoms with E-state index in [1.54, 1.807) is 24.5 Å². The summed E-state index contributed by atoms with van der Waals surface area (Å²) in [6.07, 6.45) is 3.80. The summed E-state index contributed by atoms with van der Waals surface area (Å²) in [6, 6.07) is 13.3. The van der Waals surface area contributed by atoms with Gasteiger partial charge in [0.25, 0.3) is 0 Å². The molecule has 0 aliphatic rings. The van der Waals surface area contributed by atoms with Crippen molar-refractivity contribution >= 4 is 12.0 Å². The fraction of sp³-hybridized carbons (Fsp3) is 0.133. The normalized spacial score (nSPS) is 11.3. The van der Waals surface area contributed by atoms with Gasteiger partial charge in [-0.05, 0) is 23.8 Å². The lowest BCUT2D eigenvalue weighted by molar-refractivity contribution is -0.136. The van der Waals surface area contributed by atoms with Gasteiger partial charge in [-0.3, -0.25) is 0 Å². The highest BCUT2D eigenvalue weighted by Crippen LogP contribution is 2.14. The first kappa shape index (κ1) is 12.2. The van der Waals surface area contributed by atoms with E-state index >= 15 is 0 Å². The molecule has 0 spiro atoms. The minimum absolute atomic E-state index is 0.338. The summed E-state index contributed by atoms with van der Waals surface area (Å²) in [5.41, 5.74) is 1.62. The van der Waals surface area contributed by atoms with Gasteiger partial charge >= 0.3 is 5.97 Å². The second kappa shape index (κ2) is 5.87. The van der Waals surface area contributed by atoms with Crippen molar-refractivity contribution in [3.63, 3.8) is 0 Å². The standard InChI is InChI=1S/C15H14O3/c1-17-15(16)13(11-14-8-5-9-18-14)10-12-6-3-2-4-7-12/h2-9,11H,10H2,1H3/b13-11+. The lowest BCUT2D eigenvalue weighted by Gasteiger charge is -2.05. The van der Waals surface area contributed by atoms with Crippen molar-refractivity contribution < 1.29 is 13.9 Å². The summed E-state index contributed by atoms with van der Waals surface area (Å²) in [5, 5.41) is 0. The van der Waals surface area contributed by atoms with Crippen molar-refractivity contribution in [1.29, 1.82) is 0 Å². The number of carbonyl (C=O) groups is 1. The van der Waals surface area contributed by atoms with E-state index in [-0.39, 0.29) is 5.97 Å². The number of benzene rings is 1. The first-order valence-electron chi connectivity index (χ1n) is 5.66. The molecule has 0 atom stereocenters. The predicted molar refractivity (Wildman–Crippen MR) is 68.8 cm³/mol. The average Bonchev–Trinajstić information content (AvgIpc) is 2.91. The first-order chi connectivity index (χ1) is 8.79. The van der Waals surface area contributed by atoms with Crippen LogP contribution in [0.5, 0.6) is 0 Å². The number of furan rings is 1. The highest BCUT2D eigenvalue weighted by molar-refractivity contribution is 5.93. The molecule has 3 heteroatoms. The van der Waals surface area contributed by atoms with Gasteiger partial charge in [0.15, 0.2) is 0 Å². The molecule has 1 aromatic heterocycles. The molecule has 18 heavy (non-hydrogen) atoms. The topological polar surface area (TPSA) is 39.4 Å². The van der Waals surface area contributed by atoms with Crippen LogP contribution in [0.3, 0.4) is 0 Å². The number of ether oxygens (including phenoxy) is 1. The van der Waals surface area contributed by atoms with Crippen LogP contribution in [-0.2, 0) is 16.0 Å². The molecule has 0 bridgehead atoms. The fourth-order valence-corrected chi connectivity index (χ4v) is 1.67. The van der Waals surface area contributed by atoms with Crippen LogP contribution in [0.2, 0.25) is 0 Å². The van der Waals surface area contributed by atoms with Gasteiger partial charge in [-0.1, -0.05) is 30.3 Å². The average molecular weight is 242 g/mol. The maximum atomic E-state index is 11.7. The van der Waals surface area contributed by atoms with E-state index in [1.807, 2.05) is 30.3 Å². The molecule has 0 aliphatic heterocycles. The van der Waals surface area contributed by atoms with Crippen LogP contribution in [0.4, 0.5) is 0 Å². The van der Waals surface area contributed by atoms with Crippen molar-refractivity contribution in [2.45, 2.75) is 6.42 Å². The molecule has 0 aliphatic carbocycles. The molecule has 3 nitrogen and oxygen atoms in total. The van der Waals surface area contributed by atoms with E-state index < -0.39 is 0 Å². The second-order valence-corrected chi connectivity index (χ2v) is 3.84. The second-order valence-electron chi connectivity index (χ2n) is 3.84. The Bertz CT molecular complexity index is 524. The van der Waals surface area contributed by atoms with Gasteiger partial charge in [0.1, 0.15) is 5.76 Å². The summed E-state index contributed by atoms with van der Waals surface area (Å²) < 4.78 is 10.00. The lowest BCUT2D eigenvalue weighted by atomic mass is 10.0. The Balaban J connectivity index is 2.24. The van der Waals surface area contributed by atoms with Crippen LogP contribution in [0, 0.1) is 0 Å². The largest absolute Gasteiger partial charge is 0.466 e. The van der Waals surface area contributed by atoms with Gasteiger partial charge in [0, 0.05) is 12.0 Å². The third-order valence-corrected chi connectivity index (χ3v) is 2.54. The summed E-state index contributed by atoms with van der Waals surface area (Å²) in [7, 11) is 1.38. The van der Waals surface area contributed by atoms with E-state index in [4.69, 9.17) is 9.15 Å². The monoisotopic (exact) mass is 242 g/mol. The Morgan fingerprint density at radius 3 is 2.61 bits per heavy atom. The first-order valence-corrected chi connectivity index (χ1v) is 5.66. The zero-order valence-corrected chi connectivity index (χ0v) is 10.1. The maximum absolute atomic E-state index is 11.7. The van der Waals surface area contributed by atoms with Crippen LogP contribution in [0.15, 0.2) is 58.7 Å². The van der Waals surface area contributed by atoms with Crippen LogP contribution >= 0.6 is 0 Å². The van der Waals surface area contributed by atoms with E-state index in [0.717, 1.165) is 5.56 Å². The number of hydrogen-bond acceptors (Lipinski definition) is 3. The maximum Gasteiger partial charge on any atom is 0.334 e. The molecular formula is C15H14O3. The van der Waals surface area contributed by atoms with Crippen molar-refractivity contribution in [2.24, 2.45) is 0 Å². The number of carbonyl (C=O) groups excluding carboxylic acids is 1. The number of hydrogen-bond donors (Lipinski definition) is 0. The number of rotatable bonds is 4. The minimum Gasteiger partial charge on any atom is -0.466 e. The van der Waals surface area contributed by atoms with Gasteiger partial charge in [-0.2, -0.15) is 0 Å². The number of esters is 1. The smallest absolute Gasteiger partial charge is 0.334 e. The molecule has 0 fully saturated rings. The van der Waals surface area contributed by atoms with Gasteiger partial charge in [0.05, 0.1) is 13.4 Å². The van der Waals surface area contributed by atoms with E-state index in [2.05, 4.69) is 0 Å². The number of methoxy groups -OCH3 is 1. The van der Waals surface area contributed by atoms with Crippen molar-refractivity contribution in [1.82, 2.24) is 0 Å². The fourth-order valence-electron chi connectivity index (χ4n) is 1.67. The van der Waals surface area contributed by atoms with Crippen molar-refractivity contribution in [3.8, 4) is 0 Å². The molecule has 0 N–H and O–H groups in total. The van der Waals surface area contributed by atoms with E-state index in [0.29, 0.717) is 17.8 Å². The quantitative estimate of drug-likeness (QED) is 0.611. The third kappa shape index (κ3) is 3.10. The molecule has 0 radical (unpaired) electrons. The van der Waals surface area contributed by atoms with E-state index in [1.165, 1.54) is 7.11 Å². The molecule has 0 amide bonds. The minimum atomic E-state index is -0.338. The van der Waals surface area contributed by atoms with Crippen LogP contribution in [0.1, 0.15) is 11.3 Å². The van der Waals surface area contributed by atoms with Crippen molar-refractivity contribution in [2.75, 3.05) is 7.11 Å². The van der Waals surface area contributed by atoms with Crippen LogP contribution in [-0.4, -0.2) is 13.1 Å². The van der Waals surface area contributed by atoms with Gasteiger partial charge in [-0.15, -0.1) is 0 Å². The Morgan fingerprint density at radius 2 is 2.00 bits per heavy atom. The summed E-state index contributed by atoms with van der Waals surface area (Å²) >= 11 is 0. The zero-order chi connectivity index (χ0) is 12.8. The van der Waals surface area contributed by atoms with Gasteiger partial charge < -0.3 is 9.15 Å². The molecule has 1 aromatic carbocycles. The lowest BCUT2D eigenvalue weighted by Crippen LogP contribution is -2.07. The van der Waals surface area contributed by atoms with Crippen LogP contribution in [0.25, 0.3) is 6.08 Å². The molecule has 2 aromatic rings. The molecule has 92 valence electrons. The summed E-state index contributed by atoms with van der Waals surface area (Å²) in [4.78, 5) is 11.7. The summed E-state index contributed by atoms with van der Waals surface area (Å²) in [5.74, 6) is 0.307. The Morgan fingerprint density at radius 1 is 1.22 bits per heavy atom. The molecular weight excluding hydrogens is 228 g/mol. The highest BCUT2D eigenvalue weighted by atomic mass is 16.5. The van der Waals surface area contributed by atoms with Crippen molar-refractivity contribution in [3.05, 3.63) is 65.6 Å². The Kier molecular flexibility index (Phi) is 3.97. The zero-order valence-electron chi connectivity index (χ0n) is 10.1. The Hall–Kier alpha value is -2.29. The highest BCUT2D eigenvalue weighted by Gasteiger charge is 2.11. The van der Waals surface area contributed by atoms with Gasteiger partial charge in [0.2, 0.25) is 0 Å². The molecule has 0 unspecified atom stereocenters. The van der Waals surface area contributed by atoms with E-state index in [9.17, 15) is 4.79 Å².